The maximum absolute atomic E-state index is 14.7. The molecule has 2 nitrogen and oxygen atoms in total. The summed E-state index contributed by atoms with van der Waals surface area (Å²) >= 11 is 0. The van der Waals surface area contributed by atoms with Gasteiger partial charge in [-0.1, -0.05) is 18.2 Å². The van der Waals surface area contributed by atoms with E-state index in [1.54, 1.807) is 6.92 Å². The van der Waals surface area contributed by atoms with Gasteiger partial charge in [0, 0.05) is 6.07 Å². The molecule has 1 saturated carbocycles. The second-order valence-corrected chi connectivity index (χ2v) is 7.99. The van der Waals surface area contributed by atoms with Crippen molar-refractivity contribution in [3.8, 4) is 11.5 Å². The van der Waals surface area contributed by atoms with Crippen LogP contribution in [0.5, 0.6) is 11.5 Å². The van der Waals surface area contributed by atoms with Gasteiger partial charge in [0.25, 0.3) is 0 Å². The zero-order chi connectivity index (χ0) is 24.0. The first-order valence-corrected chi connectivity index (χ1v) is 11.0. The molecule has 1 fully saturated rings. The van der Waals surface area contributed by atoms with Crippen LogP contribution < -0.4 is 9.47 Å². The lowest BCUT2D eigenvalue weighted by Crippen LogP contribution is -2.24. The quantitative estimate of drug-likeness (QED) is 0.274. The van der Waals surface area contributed by atoms with Crippen LogP contribution in [0, 0.1) is 23.4 Å². The summed E-state index contributed by atoms with van der Waals surface area (Å²) in [5.41, 5.74) is -0.915. The average molecular weight is 472 g/mol. The molecular formula is C25H26F6O2. The minimum absolute atomic E-state index is 0.0335. The van der Waals surface area contributed by atoms with Gasteiger partial charge < -0.3 is 9.47 Å². The van der Waals surface area contributed by atoms with Gasteiger partial charge in [0.1, 0.15) is 17.1 Å². The van der Waals surface area contributed by atoms with Crippen LogP contribution in [0.25, 0.3) is 0 Å². The van der Waals surface area contributed by atoms with E-state index < -0.39 is 47.3 Å². The summed E-state index contributed by atoms with van der Waals surface area (Å²) in [6, 6.07) is 4.98. The third kappa shape index (κ3) is 6.03. The summed E-state index contributed by atoms with van der Waals surface area (Å²) in [5.74, 6) is -4.77. The Morgan fingerprint density at radius 2 is 1.73 bits per heavy atom. The van der Waals surface area contributed by atoms with Crippen molar-refractivity contribution in [2.75, 3.05) is 13.3 Å². The molecule has 0 N–H and O–H groups in total. The fraction of sp³-hybridized carbons (Fsp3) is 0.440. The van der Waals surface area contributed by atoms with Crippen molar-refractivity contribution in [3.63, 3.8) is 0 Å². The zero-order valence-corrected chi connectivity index (χ0v) is 18.2. The Balaban J connectivity index is 1.70. The molecular weight excluding hydrogens is 446 g/mol. The van der Waals surface area contributed by atoms with Gasteiger partial charge in [-0.3, -0.25) is 4.39 Å². The lowest BCUT2D eigenvalue weighted by Gasteiger charge is -2.27. The summed E-state index contributed by atoms with van der Waals surface area (Å²) in [6.07, 6.45) is 3.05. The van der Waals surface area contributed by atoms with Gasteiger partial charge >= 0.3 is 6.11 Å². The lowest BCUT2D eigenvalue weighted by molar-refractivity contribution is -0.187. The number of hydrogen-bond acceptors (Lipinski definition) is 2. The largest absolute Gasteiger partial charge is 0.491 e. The van der Waals surface area contributed by atoms with Crippen molar-refractivity contribution in [1.82, 2.24) is 0 Å². The Hall–Kier alpha value is -2.64. The highest BCUT2D eigenvalue weighted by Crippen LogP contribution is 2.40. The topological polar surface area (TPSA) is 18.5 Å². The second-order valence-electron chi connectivity index (χ2n) is 7.99. The fourth-order valence-corrected chi connectivity index (χ4v) is 4.10. The van der Waals surface area contributed by atoms with Gasteiger partial charge in [-0.2, -0.15) is 13.2 Å². The number of alkyl halides is 3. The molecule has 0 heterocycles. The van der Waals surface area contributed by atoms with Crippen LogP contribution in [-0.2, 0) is 6.11 Å². The number of hydrogen-bond donors (Lipinski definition) is 0. The molecule has 33 heavy (non-hydrogen) atoms. The minimum Gasteiger partial charge on any atom is -0.491 e. The number of ether oxygens (including phenoxy) is 2. The molecule has 0 bridgehead atoms. The third-order valence-corrected chi connectivity index (χ3v) is 5.77. The van der Waals surface area contributed by atoms with Crippen molar-refractivity contribution in [3.05, 3.63) is 71.1 Å². The van der Waals surface area contributed by atoms with E-state index in [-0.39, 0.29) is 12.5 Å². The van der Waals surface area contributed by atoms with Crippen molar-refractivity contribution in [2.45, 2.75) is 51.1 Å². The maximum Gasteiger partial charge on any atom is 0.429 e. The first-order chi connectivity index (χ1) is 15.8. The van der Waals surface area contributed by atoms with Crippen LogP contribution in [0.1, 0.15) is 56.1 Å². The predicted molar refractivity (Wildman–Crippen MR) is 113 cm³/mol. The third-order valence-electron chi connectivity index (χ3n) is 5.77. The molecule has 0 amide bonds. The normalized spacial score (nSPS) is 19.1. The van der Waals surface area contributed by atoms with E-state index in [0.717, 1.165) is 25.0 Å². The standard InChI is InChI=1S/C25H26F6O2/c1-2-32-22-13-12-20(23(28)24(22)29)25(30,31)33-18-10-11-19(21(27)15-18)17-8-6-16(7-9-17)5-3-4-14-26/h3,5,10-13,15-17H,2,4,6-9,14H2,1H3. The molecule has 0 aliphatic heterocycles. The molecule has 180 valence electrons. The number of rotatable bonds is 9. The highest BCUT2D eigenvalue weighted by molar-refractivity contribution is 5.35. The summed E-state index contributed by atoms with van der Waals surface area (Å²) in [4.78, 5) is 0. The van der Waals surface area contributed by atoms with Crippen LogP contribution in [0.4, 0.5) is 26.3 Å². The number of benzene rings is 2. The van der Waals surface area contributed by atoms with Crippen LogP contribution in [0.15, 0.2) is 42.5 Å². The van der Waals surface area contributed by atoms with E-state index in [1.165, 1.54) is 12.1 Å². The van der Waals surface area contributed by atoms with Crippen molar-refractivity contribution in [2.24, 2.45) is 5.92 Å². The Kier molecular flexibility index (Phi) is 8.32. The maximum atomic E-state index is 14.7. The molecule has 2 aromatic rings. The van der Waals surface area contributed by atoms with Gasteiger partial charge in [0.2, 0.25) is 5.82 Å². The Labute approximate surface area is 189 Å². The van der Waals surface area contributed by atoms with Crippen LogP contribution in [0.2, 0.25) is 0 Å². The van der Waals surface area contributed by atoms with E-state index in [2.05, 4.69) is 4.74 Å². The first kappa shape index (κ1) is 25.0. The molecule has 0 saturated heterocycles. The van der Waals surface area contributed by atoms with Crippen molar-refractivity contribution >= 4 is 0 Å². The van der Waals surface area contributed by atoms with Crippen molar-refractivity contribution < 1.29 is 35.8 Å². The molecule has 3 rings (SSSR count). The van der Waals surface area contributed by atoms with Crippen molar-refractivity contribution in [1.29, 1.82) is 0 Å². The van der Waals surface area contributed by atoms with Gasteiger partial charge in [0.05, 0.1) is 13.3 Å². The molecule has 1 aliphatic rings. The van der Waals surface area contributed by atoms with E-state index >= 15 is 0 Å². The molecule has 0 unspecified atom stereocenters. The first-order valence-electron chi connectivity index (χ1n) is 11.0. The molecule has 1 aliphatic carbocycles. The molecule has 8 heteroatoms. The van der Waals surface area contributed by atoms with Crippen LogP contribution >= 0.6 is 0 Å². The fourth-order valence-electron chi connectivity index (χ4n) is 4.10. The van der Waals surface area contributed by atoms with E-state index in [0.29, 0.717) is 36.8 Å². The monoisotopic (exact) mass is 472 g/mol. The van der Waals surface area contributed by atoms with E-state index in [4.69, 9.17) is 4.74 Å². The van der Waals surface area contributed by atoms with E-state index in [1.807, 2.05) is 12.2 Å². The number of halogens is 6. The van der Waals surface area contributed by atoms with E-state index in [9.17, 15) is 26.3 Å². The summed E-state index contributed by atoms with van der Waals surface area (Å²) < 4.78 is 93.6. The van der Waals surface area contributed by atoms with Gasteiger partial charge in [-0.25, -0.2) is 8.78 Å². The van der Waals surface area contributed by atoms with Crippen LogP contribution in [0.3, 0.4) is 0 Å². The number of allylic oxidation sites excluding steroid dienone is 2. The molecule has 0 radical (unpaired) electrons. The predicted octanol–water partition coefficient (Wildman–Crippen LogP) is 7.82. The second kappa shape index (κ2) is 11.0. The zero-order valence-electron chi connectivity index (χ0n) is 18.2. The molecule has 2 aromatic carbocycles. The molecule has 0 spiro atoms. The summed E-state index contributed by atoms with van der Waals surface area (Å²) in [6.45, 7) is 1.18. The Morgan fingerprint density at radius 1 is 1.00 bits per heavy atom. The Morgan fingerprint density at radius 3 is 2.36 bits per heavy atom. The molecule has 0 atom stereocenters. The lowest BCUT2D eigenvalue weighted by atomic mass is 9.78. The average Bonchev–Trinajstić information content (AvgIpc) is 2.77. The van der Waals surface area contributed by atoms with Crippen LogP contribution in [-0.4, -0.2) is 13.3 Å². The minimum atomic E-state index is -4.23. The highest BCUT2D eigenvalue weighted by atomic mass is 19.3. The smallest absolute Gasteiger partial charge is 0.429 e. The summed E-state index contributed by atoms with van der Waals surface area (Å²) in [5, 5.41) is 0. The van der Waals surface area contributed by atoms with Gasteiger partial charge in [-0.15, -0.1) is 0 Å². The summed E-state index contributed by atoms with van der Waals surface area (Å²) in [7, 11) is 0. The SMILES string of the molecule is CCOc1ccc(C(F)(F)Oc2ccc(C3CCC(C=CCCF)CC3)c(F)c2)c(F)c1F. The highest BCUT2D eigenvalue weighted by Gasteiger charge is 2.40. The van der Waals surface area contributed by atoms with Gasteiger partial charge in [-0.05, 0) is 74.6 Å². The Bertz CT molecular complexity index is 968. The van der Waals surface area contributed by atoms with Gasteiger partial charge in [0.15, 0.2) is 11.6 Å². The molecule has 0 aromatic heterocycles.